The minimum atomic E-state index is 0.488. The molecule has 10 heteroatoms. The van der Waals surface area contributed by atoms with Gasteiger partial charge in [-0.3, -0.25) is 4.90 Å². The maximum atomic E-state index is 5.44. The van der Waals surface area contributed by atoms with Gasteiger partial charge >= 0.3 is 0 Å². The van der Waals surface area contributed by atoms with Crippen LogP contribution in [0, 0.1) is 0 Å². The lowest BCUT2D eigenvalue weighted by Crippen LogP contribution is -2.26. The monoisotopic (exact) mass is 950 g/mol. The molecule has 12 aromatic rings. The van der Waals surface area contributed by atoms with E-state index in [2.05, 4.69) is 94.7 Å². The predicted octanol–water partition coefficient (Wildman–Crippen LogP) is 15.4. The summed E-state index contributed by atoms with van der Waals surface area (Å²) in [6, 6.07) is 85.8. The van der Waals surface area contributed by atoms with Crippen molar-refractivity contribution in [2.45, 2.75) is 0 Å². The molecule has 3 aromatic heterocycles. The Bertz CT molecular complexity index is 3740. The Morgan fingerprint density at radius 3 is 0.919 bits per heavy atom. The molecular formula is C64H42N10. The van der Waals surface area contributed by atoms with Gasteiger partial charge in [0, 0.05) is 44.5 Å². The van der Waals surface area contributed by atoms with Gasteiger partial charge in [-0.05, 0) is 48.5 Å². The first-order valence-electron chi connectivity index (χ1n) is 24.4. The van der Waals surface area contributed by atoms with Gasteiger partial charge in [-0.15, -0.1) is 0 Å². The van der Waals surface area contributed by atoms with Crippen molar-refractivity contribution in [2.75, 3.05) is 9.80 Å². The minimum absolute atomic E-state index is 0.488. The summed E-state index contributed by atoms with van der Waals surface area (Å²) in [5.74, 6) is 3.89. The Hall–Kier alpha value is -10.3. The number of hydrogen-bond acceptors (Lipinski definition) is 10. The van der Waals surface area contributed by atoms with Crippen molar-refractivity contribution in [3.8, 4) is 90.8 Å². The SMILES string of the molecule is c1ccc(-c2cc(-c3cc(-c4nc(-c5ccccc5)nc(-c5ccccc5)n4)ccc3N3c4ccccc4N(c4nc(-c5ccccc5)nc(-c5ccccc5)n4)c4ccccc43)nc(-c3ccccc3)n2)cc1. The highest BCUT2D eigenvalue weighted by Gasteiger charge is 2.34. The van der Waals surface area contributed by atoms with E-state index in [1.54, 1.807) is 0 Å². The normalized spacial score (nSPS) is 11.7. The zero-order valence-corrected chi connectivity index (χ0v) is 39.7. The molecule has 74 heavy (non-hydrogen) atoms. The van der Waals surface area contributed by atoms with Crippen LogP contribution in [0.5, 0.6) is 0 Å². The third-order valence-corrected chi connectivity index (χ3v) is 12.9. The number of para-hydroxylation sites is 4. The molecule has 9 aromatic carbocycles. The van der Waals surface area contributed by atoms with Crippen molar-refractivity contribution >= 4 is 34.4 Å². The van der Waals surface area contributed by atoms with E-state index in [0.29, 0.717) is 46.6 Å². The van der Waals surface area contributed by atoms with Crippen molar-refractivity contribution in [3.05, 3.63) is 255 Å². The minimum Gasteiger partial charge on any atom is -0.306 e. The molecule has 0 fully saturated rings. The molecule has 0 atom stereocenters. The predicted molar refractivity (Wildman–Crippen MR) is 295 cm³/mol. The average molecular weight is 951 g/mol. The highest BCUT2D eigenvalue weighted by Crippen LogP contribution is 2.55. The Balaban J connectivity index is 1.05. The van der Waals surface area contributed by atoms with Crippen LogP contribution in [-0.4, -0.2) is 39.9 Å². The number of hydrogen-bond donors (Lipinski definition) is 0. The molecule has 0 amide bonds. The number of aromatic nitrogens is 8. The quantitative estimate of drug-likeness (QED) is 0.131. The topological polar surface area (TPSA) is 110 Å². The van der Waals surface area contributed by atoms with Crippen molar-refractivity contribution < 1.29 is 0 Å². The maximum absolute atomic E-state index is 5.44. The molecule has 13 rings (SSSR count). The molecule has 1 aliphatic rings. The Morgan fingerprint density at radius 2 is 0.514 bits per heavy atom. The molecule has 0 bridgehead atoms. The van der Waals surface area contributed by atoms with Gasteiger partial charge in [0.25, 0.3) is 0 Å². The van der Waals surface area contributed by atoms with Crippen LogP contribution < -0.4 is 9.80 Å². The highest BCUT2D eigenvalue weighted by atomic mass is 15.3. The molecular weight excluding hydrogens is 909 g/mol. The fourth-order valence-electron chi connectivity index (χ4n) is 9.39. The van der Waals surface area contributed by atoms with Crippen LogP contribution in [0.15, 0.2) is 255 Å². The molecule has 0 saturated carbocycles. The second-order valence-electron chi connectivity index (χ2n) is 17.6. The first-order valence-corrected chi connectivity index (χ1v) is 24.4. The van der Waals surface area contributed by atoms with Crippen molar-refractivity contribution in [1.82, 2.24) is 39.9 Å². The van der Waals surface area contributed by atoms with E-state index < -0.39 is 0 Å². The first-order chi connectivity index (χ1) is 36.7. The average Bonchev–Trinajstić information content (AvgIpc) is 3.49. The van der Waals surface area contributed by atoms with E-state index in [4.69, 9.17) is 39.9 Å². The van der Waals surface area contributed by atoms with E-state index in [9.17, 15) is 0 Å². The summed E-state index contributed by atoms with van der Waals surface area (Å²) in [6.45, 7) is 0. The summed E-state index contributed by atoms with van der Waals surface area (Å²) >= 11 is 0. The van der Waals surface area contributed by atoms with Crippen molar-refractivity contribution in [2.24, 2.45) is 0 Å². The van der Waals surface area contributed by atoms with Crippen LogP contribution in [0.1, 0.15) is 0 Å². The second-order valence-corrected chi connectivity index (χ2v) is 17.6. The smallest absolute Gasteiger partial charge is 0.238 e. The number of benzene rings is 9. The summed E-state index contributed by atoms with van der Waals surface area (Å²) in [7, 11) is 0. The molecule has 10 nitrogen and oxygen atoms in total. The number of rotatable bonds is 10. The Labute approximate surface area is 427 Å². The van der Waals surface area contributed by atoms with E-state index >= 15 is 0 Å². The summed E-state index contributed by atoms with van der Waals surface area (Å²) in [4.78, 5) is 46.0. The number of anilines is 6. The molecule has 0 spiro atoms. The van der Waals surface area contributed by atoms with E-state index in [0.717, 1.165) is 78.6 Å². The number of fused-ring (bicyclic) bond motifs is 2. The Kier molecular flexibility index (Phi) is 11.3. The highest BCUT2D eigenvalue weighted by molar-refractivity contribution is 6.03. The molecule has 0 unspecified atom stereocenters. The van der Waals surface area contributed by atoms with Gasteiger partial charge < -0.3 is 4.90 Å². The lowest BCUT2D eigenvalue weighted by atomic mass is 9.99. The molecule has 348 valence electrons. The maximum Gasteiger partial charge on any atom is 0.238 e. The van der Waals surface area contributed by atoms with E-state index in [1.165, 1.54) is 0 Å². The second kappa shape index (κ2) is 19.1. The largest absolute Gasteiger partial charge is 0.306 e. The third-order valence-electron chi connectivity index (χ3n) is 12.9. The summed E-state index contributed by atoms with van der Waals surface area (Å²) < 4.78 is 0. The zero-order valence-electron chi connectivity index (χ0n) is 39.7. The molecule has 0 aliphatic carbocycles. The van der Waals surface area contributed by atoms with Gasteiger partial charge in [-0.2, -0.15) is 9.97 Å². The van der Waals surface area contributed by atoms with Crippen molar-refractivity contribution in [3.63, 3.8) is 0 Å². The van der Waals surface area contributed by atoms with Gasteiger partial charge in [0.2, 0.25) is 5.95 Å². The third kappa shape index (κ3) is 8.37. The van der Waals surface area contributed by atoms with Crippen LogP contribution in [0.2, 0.25) is 0 Å². The molecule has 4 heterocycles. The van der Waals surface area contributed by atoms with Crippen LogP contribution in [0.4, 0.5) is 34.4 Å². The van der Waals surface area contributed by atoms with Crippen LogP contribution in [0.3, 0.4) is 0 Å². The van der Waals surface area contributed by atoms with Gasteiger partial charge in [0.05, 0.1) is 39.8 Å². The van der Waals surface area contributed by atoms with Crippen LogP contribution in [0.25, 0.3) is 90.8 Å². The van der Waals surface area contributed by atoms with Gasteiger partial charge in [0.1, 0.15) is 0 Å². The van der Waals surface area contributed by atoms with E-state index in [1.807, 2.05) is 170 Å². The molecule has 0 radical (unpaired) electrons. The first kappa shape index (κ1) is 43.7. The van der Waals surface area contributed by atoms with Gasteiger partial charge in [-0.25, -0.2) is 29.9 Å². The van der Waals surface area contributed by atoms with Crippen LogP contribution >= 0.6 is 0 Å². The summed E-state index contributed by atoms with van der Waals surface area (Å²) in [5.41, 5.74) is 13.0. The molecule has 0 saturated heterocycles. The standard InChI is InChI=1S/C64H42N10/c1-7-23-43(24-8-1)51-42-52(66-58(65-51)44-25-9-2-10-26-44)50-41-49(63-68-59(45-27-11-3-12-28-45)67-60(69-63)46-29-13-4-14-30-46)39-40-53(50)73-54-35-19-21-37-56(54)74(57-38-22-20-36-55(57)73)64-71-61(47-31-15-5-16-32-47)70-62(72-64)48-33-17-6-18-34-48/h1-42H. The fraction of sp³-hybridized carbons (Fsp3) is 0. The lowest BCUT2D eigenvalue weighted by Gasteiger charge is -2.40. The van der Waals surface area contributed by atoms with E-state index in [-0.39, 0.29) is 0 Å². The van der Waals surface area contributed by atoms with Gasteiger partial charge in [-0.1, -0.05) is 206 Å². The fourth-order valence-corrected chi connectivity index (χ4v) is 9.39. The molecule has 1 aliphatic heterocycles. The number of nitrogens with zero attached hydrogens (tertiary/aromatic N) is 10. The van der Waals surface area contributed by atoms with Gasteiger partial charge in [0.15, 0.2) is 34.9 Å². The van der Waals surface area contributed by atoms with Crippen LogP contribution in [-0.2, 0) is 0 Å². The lowest BCUT2D eigenvalue weighted by molar-refractivity contribution is 1.01. The van der Waals surface area contributed by atoms with Crippen molar-refractivity contribution in [1.29, 1.82) is 0 Å². The summed E-state index contributed by atoms with van der Waals surface area (Å²) in [5, 5.41) is 0. The Morgan fingerprint density at radius 1 is 0.203 bits per heavy atom. The zero-order chi connectivity index (χ0) is 49.2. The molecule has 0 N–H and O–H groups in total. The summed E-state index contributed by atoms with van der Waals surface area (Å²) in [6.07, 6.45) is 0.